The number of hydrogen-bond acceptors (Lipinski definition) is 5. The van der Waals surface area contributed by atoms with Gasteiger partial charge in [-0.05, 0) is 37.0 Å². The van der Waals surface area contributed by atoms with Crippen LogP contribution in [0.3, 0.4) is 0 Å². The van der Waals surface area contributed by atoms with E-state index in [0.717, 1.165) is 5.56 Å². The van der Waals surface area contributed by atoms with E-state index in [2.05, 4.69) is 13.2 Å². The molecule has 41 heavy (non-hydrogen) atoms. The minimum absolute atomic E-state index is 0.210. The quantitative estimate of drug-likeness (QED) is 0.403. The molecule has 3 fully saturated rings. The van der Waals surface area contributed by atoms with Crippen molar-refractivity contribution in [2.24, 2.45) is 11.8 Å². The lowest BCUT2D eigenvalue weighted by Gasteiger charge is -2.39. The van der Waals surface area contributed by atoms with Crippen molar-refractivity contribution in [3.63, 3.8) is 0 Å². The van der Waals surface area contributed by atoms with Crippen LogP contribution in [-0.4, -0.2) is 76.1 Å². The van der Waals surface area contributed by atoms with Crippen molar-refractivity contribution in [3.05, 3.63) is 91.5 Å². The van der Waals surface area contributed by atoms with Crippen LogP contribution in [0.1, 0.15) is 31.7 Å². The first-order chi connectivity index (χ1) is 19.9. The van der Waals surface area contributed by atoms with E-state index in [1.165, 1.54) is 4.90 Å². The Morgan fingerprint density at radius 3 is 2.34 bits per heavy atom. The summed E-state index contributed by atoms with van der Waals surface area (Å²) in [7, 11) is 0. The first kappa shape index (κ1) is 28.8. The van der Waals surface area contributed by atoms with Gasteiger partial charge >= 0.3 is 0 Å². The van der Waals surface area contributed by atoms with Gasteiger partial charge in [-0.3, -0.25) is 14.4 Å². The van der Waals surface area contributed by atoms with E-state index in [0.29, 0.717) is 31.5 Å². The summed E-state index contributed by atoms with van der Waals surface area (Å²) < 4.78 is 6.64. The maximum atomic E-state index is 14.5. The average Bonchev–Trinajstić information content (AvgIpc) is 3.64. The Hall–Kier alpha value is -3.75. The van der Waals surface area contributed by atoms with Crippen molar-refractivity contribution in [3.8, 4) is 0 Å². The molecule has 2 aromatic carbocycles. The van der Waals surface area contributed by atoms with Gasteiger partial charge < -0.3 is 24.5 Å². The number of carbonyl (C=O) groups is 3. The molecular weight excluding hydrogens is 518 g/mol. The molecule has 8 heteroatoms. The molecule has 2 bridgehead atoms. The van der Waals surface area contributed by atoms with E-state index in [-0.39, 0.29) is 37.4 Å². The molecule has 0 aliphatic carbocycles. The molecule has 2 unspecified atom stereocenters. The summed E-state index contributed by atoms with van der Waals surface area (Å²) in [6.45, 7) is 10.2. The molecule has 3 heterocycles. The van der Waals surface area contributed by atoms with Crippen LogP contribution in [-0.2, 0) is 25.7 Å². The average molecular weight is 558 g/mol. The molecule has 0 aromatic heterocycles. The number of aliphatic hydroxyl groups excluding tert-OH is 1. The molecule has 2 aromatic rings. The Bertz CT molecular complexity index is 1280. The fourth-order valence-corrected chi connectivity index (χ4v) is 7.06. The maximum Gasteiger partial charge on any atom is 0.249 e. The highest BCUT2D eigenvalue weighted by Gasteiger charge is 2.75. The zero-order chi connectivity index (χ0) is 29.1. The van der Waals surface area contributed by atoms with Crippen molar-refractivity contribution in [1.82, 2.24) is 9.80 Å². The van der Waals surface area contributed by atoms with Gasteiger partial charge in [0.2, 0.25) is 17.7 Å². The van der Waals surface area contributed by atoms with Gasteiger partial charge in [-0.1, -0.05) is 67.6 Å². The molecule has 6 atom stereocenters. The smallest absolute Gasteiger partial charge is 0.249 e. The first-order valence-corrected chi connectivity index (χ1v) is 14.4. The Balaban J connectivity index is 1.55. The van der Waals surface area contributed by atoms with Crippen molar-refractivity contribution >= 4 is 23.4 Å². The molecule has 0 saturated carbocycles. The van der Waals surface area contributed by atoms with Crippen molar-refractivity contribution in [2.75, 3.05) is 24.6 Å². The first-order valence-electron chi connectivity index (χ1n) is 14.4. The Labute approximate surface area is 241 Å². The summed E-state index contributed by atoms with van der Waals surface area (Å²) in [4.78, 5) is 48.0. The lowest BCUT2D eigenvalue weighted by Crippen LogP contribution is -2.58. The second-order valence-corrected chi connectivity index (χ2v) is 11.1. The van der Waals surface area contributed by atoms with E-state index in [4.69, 9.17) is 4.74 Å². The largest absolute Gasteiger partial charge is 0.394 e. The Morgan fingerprint density at radius 2 is 1.73 bits per heavy atom. The molecule has 3 amide bonds. The van der Waals surface area contributed by atoms with Crippen LogP contribution in [0.25, 0.3) is 0 Å². The molecular formula is C33H39N3O5. The van der Waals surface area contributed by atoms with Gasteiger partial charge in [-0.2, -0.15) is 0 Å². The summed E-state index contributed by atoms with van der Waals surface area (Å²) in [5, 5.41) is 10.3. The van der Waals surface area contributed by atoms with Crippen LogP contribution in [0.5, 0.6) is 0 Å². The number of fused-ring (bicyclic) bond motifs is 1. The number of likely N-dealkylation sites (tertiary alicyclic amines) is 1. The number of amides is 3. The number of carbonyl (C=O) groups excluding carboxylic acids is 3. The van der Waals surface area contributed by atoms with E-state index in [1.807, 2.05) is 67.6 Å². The van der Waals surface area contributed by atoms with Gasteiger partial charge in [0.15, 0.2) is 0 Å². The van der Waals surface area contributed by atoms with Gasteiger partial charge in [0.25, 0.3) is 0 Å². The molecule has 5 rings (SSSR count). The van der Waals surface area contributed by atoms with Gasteiger partial charge in [-0.15, -0.1) is 13.2 Å². The topological polar surface area (TPSA) is 90.4 Å². The molecule has 1 spiro atoms. The van der Waals surface area contributed by atoms with Gasteiger partial charge in [0, 0.05) is 25.3 Å². The van der Waals surface area contributed by atoms with E-state index >= 15 is 0 Å². The lowest BCUT2D eigenvalue weighted by atomic mass is 9.70. The summed E-state index contributed by atoms with van der Waals surface area (Å²) >= 11 is 0. The number of rotatable bonds is 12. The second-order valence-electron chi connectivity index (χ2n) is 11.1. The third-order valence-corrected chi connectivity index (χ3v) is 8.86. The SMILES string of the molecule is C=CCN(Cc1ccccc1)C(=O)C1N([C@@H](CC)CO)C(=O)[C@@H]2[C@@H](C(=O)N(CC=C)c3ccccc3)[C@H]3CCC12O3. The Morgan fingerprint density at radius 1 is 1.07 bits per heavy atom. The molecule has 216 valence electrons. The predicted octanol–water partition coefficient (Wildman–Crippen LogP) is 3.57. The minimum atomic E-state index is -1.14. The standard InChI is InChI=1S/C33H39N3O5/c1-4-19-34(21-23-13-9-7-10-14-23)32(40)29-33-18-17-26(41-33)27(28(33)31(39)36(29)24(6-3)22-37)30(38)35(20-5-2)25-15-11-8-12-16-25/h4-5,7-16,24,26-29,37H,1-2,6,17-22H2,3H3/t24-,26+,27-,28-,29?,33?/m0/s1. The van der Waals surface area contributed by atoms with E-state index in [9.17, 15) is 19.5 Å². The van der Waals surface area contributed by atoms with Crippen molar-refractivity contribution in [2.45, 2.75) is 56.5 Å². The van der Waals surface area contributed by atoms with Crippen molar-refractivity contribution < 1.29 is 24.2 Å². The molecule has 3 aliphatic heterocycles. The number of anilines is 1. The highest BCUT2D eigenvalue weighted by atomic mass is 16.5. The highest BCUT2D eigenvalue weighted by molar-refractivity contribution is 6.03. The predicted molar refractivity (Wildman–Crippen MR) is 157 cm³/mol. The number of nitrogens with zero attached hydrogens (tertiary/aromatic N) is 3. The monoisotopic (exact) mass is 557 g/mol. The van der Waals surface area contributed by atoms with Gasteiger partial charge in [0.05, 0.1) is 30.6 Å². The van der Waals surface area contributed by atoms with Crippen LogP contribution >= 0.6 is 0 Å². The van der Waals surface area contributed by atoms with Gasteiger partial charge in [0.1, 0.15) is 11.6 Å². The lowest BCUT2D eigenvalue weighted by molar-refractivity contribution is -0.151. The van der Waals surface area contributed by atoms with E-state index < -0.39 is 35.6 Å². The normalized spacial score (nSPS) is 26.9. The zero-order valence-corrected chi connectivity index (χ0v) is 23.6. The molecule has 0 radical (unpaired) electrons. The number of para-hydroxylation sites is 1. The third kappa shape index (κ3) is 4.89. The van der Waals surface area contributed by atoms with Crippen molar-refractivity contribution in [1.29, 1.82) is 0 Å². The summed E-state index contributed by atoms with van der Waals surface area (Å²) in [6, 6.07) is 17.5. The molecule has 3 saturated heterocycles. The van der Waals surface area contributed by atoms with Crippen LogP contribution in [0.4, 0.5) is 5.69 Å². The summed E-state index contributed by atoms with van der Waals surface area (Å²) in [5.74, 6) is -2.32. The number of ether oxygens (including phenoxy) is 1. The minimum Gasteiger partial charge on any atom is -0.394 e. The fourth-order valence-electron chi connectivity index (χ4n) is 7.06. The highest BCUT2D eigenvalue weighted by Crippen LogP contribution is 2.59. The zero-order valence-electron chi connectivity index (χ0n) is 23.6. The van der Waals surface area contributed by atoms with Gasteiger partial charge in [-0.25, -0.2) is 0 Å². The number of aliphatic hydroxyl groups is 1. The molecule has 3 aliphatic rings. The third-order valence-electron chi connectivity index (χ3n) is 8.86. The summed E-state index contributed by atoms with van der Waals surface area (Å²) in [5.41, 5.74) is 0.523. The number of hydrogen-bond donors (Lipinski definition) is 1. The molecule has 1 N–H and O–H groups in total. The second kappa shape index (κ2) is 12.0. The van der Waals surface area contributed by atoms with Crippen LogP contribution < -0.4 is 4.90 Å². The van der Waals surface area contributed by atoms with E-state index in [1.54, 1.807) is 22.0 Å². The number of benzene rings is 2. The maximum absolute atomic E-state index is 14.5. The van der Waals surface area contributed by atoms with Crippen LogP contribution in [0.2, 0.25) is 0 Å². The Kier molecular flexibility index (Phi) is 8.42. The van der Waals surface area contributed by atoms with Crippen LogP contribution in [0.15, 0.2) is 86.0 Å². The fraction of sp³-hybridized carbons (Fsp3) is 0.424. The summed E-state index contributed by atoms with van der Waals surface area (Å²) in [6.07, 6.45) is 4.40. The van der Waals surface area contributed by atoms with Crippen LogP contribution in [0, 0.1) is 11.8 Å². The molecule has 8 nitrogen and oxygen atoms in total.